The molecule has 0 spiro atoms. The van der Waals surface area contributed by atoms with Crippen molar-refractivity contribution in [1.29, 1.82) is 0 Å². The van der Waals surface area contributed by atoms with Gasteiger partial charge >= 0.3 is 11.9 Å². The molecular formula is C9H7N5O5. The lowest BCUT2D eigenvalue weighted by Crippen LogP contribution is -2.15. The quantitative estimate of drug-likeness (QED) is 0.650. The molecule has 3 N–H and O–H groups in total. The van der Waals surface area contributed by atoms with E-state index in [-0.39, 0.29) is 17.3 Å². The number of carboxylic acid groups (broad SMARTS) is 1. The van der Waals surface area contributed by atoms with Gasteiger partial charge in [-0.15, -0.1) is 5.10 Å². The first-order chi connectivity index (χ1) is 8.93. The number of hydrogen-bond acceptors (Lipinski definition) is 7. The van der Waals surface area contributed by atoms with Crippen molar-refractivity contribution in [3.8, 4) is 0 Å². The van der Waals surface area contributed by atoms with Crippen LogP contribution in [0.2, 0.25) is 0 Å². The Bertz CT molecular complexity index is 706. The first-order valence-electron chi connectivity index (χ1n) is 4.83. The molecule has 10 heteroatoms. The summed E-state index contributed by atoms with van der Waals surface area (Å²) in [6, 6.07) is 0.959. The van der Waals surface area contributed by atoms with Crippen molar-refractivity contribution in [2.24, 2.45) is 5.73 Å². The zero-order chi connectivity index (χ0) is 14.2. The summed E-state index contributed by atoms with van der Waals surface area (Å²) in [5.41, 5.74) is 4.33. The van der Waals surface area contributed by atoms with E-state index in [1.165, 1.54) is 0 Å². The minimum atomic E-state index is -1.36. The van der Waals surface area contributed by atoms with E-state index in [0.717, 1.165) is 17.7 Å². The fourth-order valence-corrected chi connectivity index (χ4v) is 1.33. The molecule has 0 atom stereocenters. The summed E-state index contributed by atoms with van der Waals surface area (Å²) in [5.74, 6) is -3.78. The zero-order valence-corrected chi connectivity index (χ0v) is 9.52. The fourth-order valence-electron chi connectivity index (χ4n) is 1.33. The maximum absolute atomic E-state index is 11.5. The van der Waals surface area contributed by atoms with Gasteiger partial charge in [-0.2, -0.15) is 9.50 Å². The lowest BCUT2D eigenvalue weighted by molar-refractivity contribution is 0.0590. The van der Waals surface area contributed by atoms with Crippen molar-refractivity contribution in [3.05, 3.63) is 23.3 Å². The van der Waals surface area contributed by atoms with Crippen LogP contribution in [0.25, 0.3) is 5.78 Å². The summed E-state index contributed by atoms with van der Waals surface area (Å²) in [7, 11) is 1.11. The van der Waals surface area contributed by atoms with Gasteiger partial charge in [0.1, 0.15) is 0 Å². The van der Waals surface area contributed by atoms with Crippen molar-refractivity contribution in [2.75, 3.05) is 7.11 Å². The van der Waals surface area contributed by atoms with Gasteiger partial charge in [0.05, 0.1) is 7.11 Å². The number of nitrogens with two attached hydrogens (primary N) is 1. The minimum Gasteiger partial charge on any atom is -0.477 e. The molecule has 0 aromatic carbocycles. The second-order valence-corrected chi connectivity index (χ2v) is 3.33. The van der Waals surface area contributed by atoms with E-state index < -0.39 is 23.5 Å². The Morgan fingerprint density at radius 3 is 2.58 bits per heavy atom. The van der Waals surface area contributed by atoms with E-state index in [0.29, 0.717) is 0 Å². The monoisotopic (exact) mass is 265 g/mol. The van der Waals surface area contributed by atoms with E-state index in [9.17, 15) is 14.4 Å². The van der Waals surface area contributed by atoms with Gasteiger partial charge in [-0.1, -0.05) is 0 Å². The maximum Gasteiger partial charge on any atom is 0.356 e. The highest BCUT2D eigenvalue weighted by atomic mass is 16.5. The number of methoxy groups -OCH3 is 1. The van der Waals surface area contributed by atoms with E-state index >= 15 is 0 Å². The number of aromatic carboxylic acids is 1. The third-order valence-corrected chi connectivity index (χ3v) is 2.15. The molecule has 98 valence electrons. The molecule has 0 fully saturated rings. The smallest absolute Gasteiger partial charge is 0.356 e. The van der Waals surface area contributed by atoms with Crippen LogP contribution in [-0.4, -0.2) is 49.6 Å². The van der Waals surface area contributed by atoms with Gasteiger partial charge in [-0.05, 0) is 0 Å². The molecule has 0 radical (unpaired) electrons. The van der Waals surface area contributed by atoms with Crippen LogP contribution in [0.15, 0.2) is 6.07 Å². The normalized spacial score (nSPS) is 10.4. The van der Waals surface area contributed by atoms with Crippen molar-refractivity contribution in [1.82, 2.24) is 19.6 Å². The summed E-state index contributed by atoms with van der Waals surface area (Å²) in [6.07, 6.45) is 0. The number of ether oxygens (including phenoxy) is 1. The third-order valence-electron chi connectivity index (χ3n) is 2.15. The van der Waals surface area contributed by atoms with E-state index in [1.54, 1.807) is 0 Å². The van der Waals surface area contributed by atoms with Crippen molar-refractivity contribution >= 4 is 23.6 Å². The van der Waals surface area contributed by atoms with Crippen LogP contribution in [0.3, 0.4) is 0 Å². The molecule has 10 nitrogen and oxygen atoms in total. The number of carbonyl (C=O) groups excluding carboxylic acids is 2. The topological polar surface area (TPSA) is 150 Å². The number of rotatable bonds is 3. The number of primary amides is 1. The van der Waals surface area contributed by atoms with Gasteiger partial charge in [-0.3, -0.25) is 4.79 Å². The molecule has 0 bridgehead atoms. The molecule has 2 aromatic rings. The Morgan fingerprint density at radius 2 is 2.05 bits per heavy atom. The Morgan fingerprint density at radius 1 is 1.37 bits per heavy atom. The molecule has 2 rings (SSSR count). The summed E-state index contributed by atoms with van der Waals surface area (Å²) in [5, 5.41) is 12.5. The number of fused-ring (bicyclic) bond motifs is 1. The van der Waals surface area contributed by atoms with Gasteiger partial charge in [0, 0.05) is 6.07 Å². The number of amides is 1. The van der Waals surface area contributed by atoms with Crippen molar-refractivity contribution in [2.45, 2.75) is 0 Å². The number of esters is 1. The standard InChI is InChI=1S/C9H7N5O5/c1-19-8(18)4-2-3(7(16)17)11-9-12-6(5(10)15)13-14(4)9/h2H,1H3,(H2,10,15)(H,16,17). The van der Waals surface area contributed by atoms with Crippen LogP contribution in [0.1, 0.15) is 31.6 Å². The predicted octanol–water partition coefficient (Wildman–Crippen LogP) is -1.29. The molecule has 1 amide bonds. The Kier molecular flexibility index (Phi) is 2.83. The van der Waals surface area contributed by atoms with Gasteiger partial charge in [0.15, 0.2) is 11.4 Å². The Hall–Kier alpha value is -3.04. The van der Waals surface area contributed by atoms with Crippen LogP contribution in [-0.2, 0) is 4.74 Å². The molecular weight excluding hydrogens is 258 g/mol. The largest absolute Gasteiger partial charge is 0.477 e. The number of carboxylic acids is 1. The highest BCUT2D eigenvalue weighted by Crippen LogP contribution is 2.08. The highest BCUT2D eigenvalue weighted by molar-refractivity contribution is 5.93. The van der Waals surface area contributed by atoms with Crippen LogP contribution in [0.4, 0.5) is 0 Å². The molecule has 0 saturated heterocycles. The van der Waals surface area contributed by atoms with Gasteiger partial charge in [0.2, 0.25) is 5.82 Å². The fraction of sp³-hybridized carbons (Fsp3) is 0.111. The average molecular weight is 265 g/mol. The summed E-state index contributed by atoms with van der Waals surface area (Å²) >= 11 is 0. The lowest BCUT2D eigenvalue weighted by atomic mass is 10.3. The van der Waals surface area contributed by atoms with Crippen LogP contribution in [0, 0.1) is 0 Å². The van der Waals surface area contributed by atoms with Gasteiger partial charge in [-0.25, -0.2) is 14.6 Å². The lowest BCUT2D eigenvalue weighted by Gasteiger charge is -2.02. The van der Waals surface area contributed by atoms with Crippen molar-refractivity contribution in [3.63, 3.8) is 0 Å². The number of hydrogen-bond donors (Lipinski definition) is 2. The van der Waals surface area contributed by atoms with E-state index in [2.05, 4.69) is 19.8 Å². The van der Waals surface area contributed by atoms with Gasteiger partial charge < -0.3 is 15.6 Å². The molecule has 0 unspecified atom stereocenters. The van der Waals surface area contributed by atoms with Crippen LogP contribution in [0.5, 0.6) is 0 Å². The third kappa shape index (κ3) is 2.06. The first-order valence-corrected chi connectivity index (χ1v) is 4.83. The SMILES string of the molecule is COC(=O)c1cc(C(=O)O)nc2nc(C(N)=O)nn12. The van der Waals surface area contributed by atoms with E-state index in [4.69, 9.17) is 10.8 Å². The molecule has 0 aliphatic heterocycles. The molecule has 0 saturated carbocycles. The maximum atomic E-state index is 11.5. The van der Waals surface area contributed by atoms with Crippen LogP contribution >= 0.6 is 0 Å². The molecule has 2 aromatic heterocycles. The second kappa shape index (κ2) is 4.33. The predicted molar refractivity (Wildman–Crippen MR) is 57.6 cm³/mol. The minimum absolute atomic E-state index is 0.232. The number of nitrogens with zero attached hydrogens (tertiary/aromatic N) is 4. The second-order valence-electron chi connectivity index (χ2n) is 3.33. The highest BCUT2D eigenvalue weighted by Gasteiger charge is 2.20. The van der Waals surface area contributed by atoms with Crippen molar-refractivity contribution < 1.29 is 24.2 Å². The molecule has 0 aliphatic carbocycles. The summed E-state index contributed by atoms with van der Waals surface area (Å²) in [6.45, 7) is 0. The summed E-state index contributed by atoms with van der Waals surface area (Å²) < 4.78 is 5.37. The first kappa shape index (κ1) is 12.4. The molecule has 0 aliphatic rings. The van der Waals surface area contributed by atoms with Crippen LogP contribution < -0.4 is 5.73 Å². The number of aromatic nitrogens is 4. The Labute approximate surface area is 104 Å². The van der Waals surface area contributed by atoms with Gasteiger partial charge in [0.25, 0.3) is 11.7 Å². The zero-order valence-electron chi connectivity index (χ0n) is 9.52. The number of carbonyl (C=O) groups is 3. The molecule has 2 heterocycles. The van der Waals surface area contributed by atoms with E-state index in [1.807, 2.05) is 0 Å². The Balaban J connectivity index is 2.78. The summed E-state index contributed by atoms with van der Waals surface area (Å²) in [4.78, 5) is 40.6. The average Bonchev–Trinajstić information content (AvgIpc) is 2.80. The molecule has 19 heavy (non-hydrogen) atoms.